The Morgan fingerprint density at radius 1 is 0.500 bits per heavy atom. The first-order valence-electron chi connectivity index (χ1n) is 11.6. The van der Waals surface area contributed by atoms with E-state index >= 15 is 0 Å². The second-order valence-electron chi connectivity index (χ2n) is 9.06. The van der Waals surface area contributed by atoms with Crippen molar-refractivity contribution in [3.8, 4) is 5.75 Å². The summed E-state index contributed by atoms with van der Waals surface area (Å²) in [6.07, 6.45) is 0. The Kier molecular flexibility index (Phi) is 8.53. The number of phenolic OH excluding ortho intramolecular Hbond substituents is 1. The zero-order chi connectivity index (χ0) is 34.6. The van der Waals surface area contributed by atoms with Gasteiger partial charge in [0.15, 0.2) is 5.75 Å². The van der Waals surface area contributed by atoms with E-state index in [1.54, 1.807) is 0 Å². The molecule has 20 nitrogen and oxygen atoms in total. The fourth-order valence-corrected chi connectivity index (χ4v) is 6.51. The molecule has 0 bridgehead atoms. The lowest BCUT2D eigenvalue weighted by molar-refractivity contribution is 0.472. The number of hydrogen-bond donors (Lipinski definition) is 8. The smallest absolute Gasteiger partial charge is 0.296 e. The van der Waals surface area contributed by atoms with Crippen molar-refractivity contribution in [1.82, 2.24) is 0 Å². The number of azo groups is 2. The number of nitrogens with zero attached hydrogens (tertiary/aromatic N) is 4. The summed E-state index contributed by atoms with van der Waals surface area (Å²) in [5.74, 6) is -1.22. The molecule has 0 aliphatic heterocycles. The lowest BCUT2D eigenvalue weighted by atomic mass is 10.1. The van der Waals surface area contributed by atoms with E-state index in [2.05, 4.69) is 20.5 Å². The van der Waals surface area contributed by atoms with E-state index < -0.39 is 105 Å². The number of anilines is 3. The highest BCUT2D eigenvalue weighted by molar-refractivity contribution is 7.86. The van der Waals surface area contributed by atoms with Gasteiger partial charge in [0, 0.05) is 11.4 Å². The van der Waals surface area contributed by atoms with E-state index in [0.717, 1.165) is 36.4 Å². The van der Waals surface area contributed by atoms with E-state index in [1.165, 1.54) is 0 Å². The van der Waals surface area contributed by atoms with Gasteiger partial charge in [-0.15, -0.1) is 20.5 Å². The lowest BCUT2D eigenvalue weighted by Gasteiger charge is -2.14. The van der Waals surface area contributed by atoms with Crippen LogP contribution in [-0.2, 0) is 40.5 Å². The fraction of sp³-hybridized carbons (Fsp3) is 0. The average molecular weight is 718 g/mol. The monoisotopic (exact) mass is 717 g/mol. The van der Waals surface area contributed by atoms with Gasteiger partial charge in [0.25, 0.3) is 40.5 Å². The molecule has 24 heteroatoms. The van der Waals surface area contributed by atoms with Crippen molar-refractivity contribution in [2.75, 3.05) is 17.2 Å². The van der Waals surface area contributed by atoms with Gasteiger partial charge in [0.1, 0.15) is 42.3 Å². The number of benzene rings is 4. The Morgan fingerprint density at radius 2 is 0.870 bits per heavy atom. The predicted molar refractivity (Wildman–Crippen MR) is 159 cm³/mol. The van der Waals surface area contributed by atoms with Crippen LogP contribution >= 0.6 is 0 Å². The molecule has 0 amide bonds. The molecule has 4 rings (SSSR count). The van der Waals surface area contributed by atoms with E-state index in [1.807, 2.05) is 0 Å². The molecule has 4 aromatic carbocycles. The minimum Gasteiger partial charge on any atom is -0.505 e. The molecule has 0 aliphatic rings. The van der Waals surface area contributed by atoms with Crippen LogP contribution in [0.25, 0.3) is 10.8 Å². The molecule has 0 atom stereocenters. The lowest BCUT2D eigenvalue weighted by Crippen LogP contribution is -2.04. The van der Waals surface area contributed by atoms with Crippen LogP contribution in [0.15, 0.2) is 88.6 Å². The predicted octanol–water partition coefficient (Wildman–Crippen LogP) is 3.11. The van der Waals surface area contributed by atoms with Crippen molar-refractivity contribution in [2.24, 2.45) is 20.5 Å². The Bertz CT molecular complexity index is 2300. The number of aromatic hydroxyl groups is 1. The maximum Gasteiger partial charge on any atom is 0.296 e. The van der Waals surface area contributed by atoms with E-state index in [4.69, 9.17) is 17.2 Å². The summed E-state index contributed by atoms with van der Waals surface area (Å²) in [5.41, 5.74) is 13.0. The molecule has 0 spiro atoms. The molecule has 0 aliphatic carbocycles. The summed E-state index contributed by atoms with van der Waals surface area (Å²) in [6.45, 7) is 0. The number of phenols is 1. The van der Waals surface area contributed by atoms with Crippen molar-refractivity contribution in [2.45, 2.75) is 19.6 Å². The van der Waals surface area contributed by atoms with Crippen molar-refractivity contribution < 1.29 is 57.0 Å². The molecule has 11 N–H and O–H groups in total. The molecule has 46 heavy (non-hydrogen) atoms. The summed E-state index contributed by atoms with van der Waals surface area (Å²) >= 11 is 0. The first-order chi connectivity index (χ1) is 21.0. The third kappa shape index (κ3) is 6.87. The summed E-state index contributed by atoms with van der Waals surface area (Å²) < 4.78 is 135. The topological polar surface area (TPSA) is 365 Å². The number of fused-ring (bicyclic) bond motifs is 1. The average Bonchev–Trinajstić information content (AvgIpc) is 2.89. The van der Waals surface area contributed by atoms with Crippen LogP contribution in [-0.4, -0.2) is 57.0 Å². The van der Waals surface area contributed by atoms with Crippen LogP contribution in [0.3, 0.4) is 0 Å². The minimum atomic E-state index is -5.33. The van der Waals surface area contributed by atoms with Crippen LogP contribution in [0.4, 0.5) is 39.8 Å². The van der Waals surface area contributed by atoms with Gasteiger partial charge >= 0.3 is 0 Å². The minimum absolute atomic E-state index is 0.0782. The van der Waals surface area contributed by atoms with Gasteiger partial charge in [-0.1, -0.05) is 0 Å². The van der Waals surface area contributed by atoms with Crippen molar-refractivity contribution in [3.63, 3.8) is 0 Å². The van der Waals surface area contributed by atoms with Crippen LogP contribution in [0, 0.1) is 0 Å². The first-order valence-corrected chi connectivity index (χ1v) is 17.4. The highest BCUT2D eigenvalue weighted by Gasteiger charge is 2.28. The zero-order valence-electron chi connectivity index (χ0n) is 22.3. The van der Waals surface area contributed by atoms with E-state index in [-0.39, 0.29) is 11.4 Å². The normalized spacial score (nSPS) is 13.2. The first kappa shape index (κ1) is 34.1. The number of nitrogens with two attached hydrogens (primary N) is 3. The Hall–Kier alpha value is -4.82. The van der Waals surface area contributed by atoms with Gasteiger partial charge < -0.3 is 22.3 Å². The number of hydrogen-bond acceptors (Lipinski definition) is 16. The van der Waals surface area contributed by atoms with E-state index in [0.29, 0.717) is 12.1 Å². The second kappa shape index (κ2) is 11.5. The van der Waals surface area contributed by atoms with Crippen molar-refractivity contribution in [3.05, 3.63) is 48.5 Å². The summed E-state index contributed by atoms with van der Waals surface area (Å²) in [6, 6.07) is 6.78. The summed E-state index contributed by atoms with van der Waals surface area (Å²) in [4.78, 5) is -4.03. The van der Waals surface area contributed by atoms with Gasteiger partial charge in [-0.05, 0) is 53.9 Å². The van der Waals surface area contributed by atoms with Crippen LogP contribution in [0.5, 0.6) is 5.75 Å². The number of rotatable bonds is 8. The maximum atomic E-state index is 12.3. The molecule has 0 heterocycles. The highest BCUT2D eigenvalue weighted by Crippen LogP contribution is 2.48. The molecule has 0 unspecified atom stereocenters. The van der Waals surface area contributed by atoms with E-state index in [9.17, 15) is 57.0 Å². The molecule has 4 aromatic rings. The van der Waals surface area contributed by atoms with Crippen LogP contribution < -0.4 is 17.2 Å². The quantitative estimate of drug-likeness (QED) is 0.0737. The van der Waals surface area contributed by atoms with Gasteiger partial charge in [-0.2, -0.15) is 33.7 Å². The molecule has 0 fully saturated rings. The molecular formula is C22H19N7O13S4. The summed E-state index contributed by atoms with van der Waals surface area (Å²) in [7, 11) is -20.5. The SMILES string of the molecule is Nc1ccc(S(=O)(=O)O)c(/N=N/c2c(S(=O)(=O)O)cc3cc(S(=O)(=O)O)c(/N=N/c4cc(N)ccc4S(=O)(=O)O)c(O)c3c2N)c1. The molecule has 244 valence electrons. The molecule has 0 saturated heterocycles. The fourth-order valence-electron chi connectivity index (χ4n) is 3.97. The molecule has 0 radical (unpaired) electrons. The largest absolute Gasteiger partial charge is 0.505 e. The number of nitrogen functional groups attached to an aromatic ring is 3. The molecular weight excluding hydrogens is 699 g/mol. The van der Waals surface area contributed by atoms with Crippen LogP contribution in [0.1, 0.15) is 0 Å². The van der Waals surface area contributed by atoms with Crippen LogP contribution in [0.2, 0.25) is 0 Å². The molecule has 0 saturated carbocycles. The van der Waals surface area contributed by atoms with Gasteiger partial charge in [0.2, 0.25) is 0 Å². The Balaban J connectivity index is 2.09. The Morgan fingerprint density at radius 3 is 1.26 bits per heavy atom. The maximum absolute atomic E-state index is 12.3. The molecule has 0 aromatic heterocycles. The highest BCUT2D eigenvalue weighted by atomic mass is 32.2. The van der Waals surface area contributed by atoms with Gasteiger partial charge in [-0.3, -0.25) is 18.2 Å². The third-order valence-electron chi connectivity index (χ3n) is 5.91. The third-order valence-corrected chi connectivity index (χ3v) is 9.44. The van der Waals surface area contributed by atoms with Crippen molar-refractivity contribution >= 4 is 91.1 Å². The Labute approximate surface area is 258 Å². The van der Waals surface area contributed by atoms with Gasteiger partial charge in [-0.25, -0.2) is 0 Å². The second-order valence-corrected chi connectivity index (χ2v) is 14.6. The van der Waals surface area contributed by atoms with Crippen molar-refractivity contribution in [1.29, 1.82) is 0 Å². The zero-order valence-corrected chi connectivity index (χ0v) is 25.5. The summed E-state index contributed by atoms with van der Waals surface area (Å²) in [5, 5.41) is 24.1. The van der Waals surface area contributed by atoms with Gasteiger partial charge in [0.05, 0.1) is 11.1 Å². The standard InChI is InChI=1S/C22H19N7O13S4/c23-10-1-3-14(43(31,32)33)12(7-10)26-28-20-16(45(37,38)39)5-9-6-17(46(40,41)42)21(22(30)18(9)19(20)25)29-27-13-8-11(24)2-4-15(13)44(34,35)36/h1-8,30H,23-25H2,(H,31,32,33)(H,34,35,36)(H,37,38,39)(H,40,41,42)/b28-26+,29-27+.